The van der Waals surface area contributed by atoms with Crippen molar-refractivity contribution >= 4 is 75.9 Å². The van der Waals surface area contributed by atoms with Gasteiger partial charge in [0.05, 0.1) is 6.10 Å². The molecule has 26 nitrogen and oxygen atoms in total. The van der Waals surface area contributed by atoms with Gasteiger partial charge in [0.1, 0.15) is 42.3 Å². The number of nitrogens with two attached hydrogens (primary N) is 7. The number of aliphatic hydroxyl groups is 1. The SMILES string of the molecule is C[C@@H](O)[C@H]1NC(=O)[C@@H](CCCN=C(N)N)NC(=O)[C@@H](CCCN=C(N)N)NC(=O)[C@H](CCC(N)=O)NC(=O)[C@H](CCCN=C(N)N)NC(=O)[C@H](Cc2ccc3ccccc3c2)NC(=O)[C@@H]2CCCCN2C1=O. The monoisotopic (exact) mass is 1010 g/mol. The van der Waals surface area contributed by atoms with Crippen LogP contribution in [0.5, 0.6) is 0 Å². The molecule has 2 aromatic rings. The molecule has 72 heavy (non-hydrogen) atoms. The molecule has 8 amide bonds. The molecule has 0 saturated carbocycles. The van der Waals surface area contributed by atoms with Crippen molar-refractivity contribution in [3.05, 3.63) is 48.0 Å². The van der Waals surface area contributed by atoms with E-state index in [2.05, 4.69) is 46.9 Å². The zero-order valence-corrected chi connectivity index (χ0v) is 40.5. The van der Waals surface area contributed by atoms with Crippen LogP contribution in [0.1, 0.15) is 83.1 Å². The average Bonchev–Trinajstić information content (AvgIpc) is 3.33. The van der Waals surface area contributed by atoms with E-state index >= 15 is 0 Å². The lowest BCUT2D eigenvalue weighted by Gasteiger charge is -2.38. The van der Waals surface area contributed by atoms with Crippen molar-refractivity contribution in [1.29, 1.82) is 0 Å². The molecule has 2 aliphatic rings. The number of primary amides is 1. The van der Waals surface area contributed by atoms with E-state index in [-0.39, 0.29) is 102 Å². The number of aliphatic imine (C=N–C) groups is 3. The molecular formula is C46H71N17O9. The van der Waals surface area contributed by atoms with Crippen molar-refractivity contribution in [2.45, 2.75) is 132 Å². The van der Waals surface area contributed by atoms with Crippen molar-refractivity contribution < 1.29 is 43.5 Å². The van der Waals surface area contributed by atoms with Gasteiger partial charge >= 0.3 is 0 Å². The Kier molecular flexibility index (Phi) is 22.2. The molecule has 21 N–H and O–H groups in total. The molecule has 0 aliphatic carbocycles. The maximum Gasteiger partial charge on any atom is 0.248 e. The van der Waals surface area contributed by atoms with Gasteiger partial charge in [-0.05, 0) is 87.5 Å². The minimum absolute atomic E-state index is 0.0162. The third kappa shape index (κ3) is 18.2. The van der Waals surface area contributed by atoms with Gasteiger partial charge in [-0.2, -0.15) is 0 Å². The highest BCUT2D eigenvalue weighted by Crippen LogP contribution is 2.22. The number of benzene rings is 2. The third-order valence-electron chi connectivity index (χ3n) is 12.1. The maximum absolute atomic E-state index is 14.6. The normalized spacial score (nSPS) is 23.3. The minimum Gasteiger partial charge on any atom is -0.391 e. The van der Waals surface area contributed by atoms with Crippen molar-refractivity contribution in [3.8, 4) is 0 Å². The van der Waals surface area contributed by atoms with Crippen LogP contribution in [-0.4, -0.2) is 150 Å². The number of carbonyl (C=O) groups excluding carboxylic acids is 8. The number of rotatable bonds is 18. The summed E-state index contributed by atoms with van der Waals surface area (Å²) in [5.41, 5.74) is 39.3. The van der Waals surface area contributed by atoms with Crippen molar-refractivity contribution in [2.75, 3.05) is 26.2 Å². The molecule has 0 aromatic heterocycles. The summed E-state index contributed by atoms with van der Waals surface area (Å²) in [4.78, 5) is 126. The van der Waals surface area contributed by atoms with E-state index in [1.54, 1.807) is 6.07 Å². The van der Waals surface area contributed by atoms with Crippen LogP contribution in [0.3, 0.4) is 0 Å². The molecule has 26 heteroatoms. The average molecular weight is 1010 g/mol. The highest BCUT2D eigenvalue weighted by molar-refractivity contribution is 5.99. The molecule has 394 valence electrons. The first-order valence-corrected chi connectivity index (χ1v) is 24.0. The summed E-state index contributed by atoms with van der Waals surface area (Å²) in [5, 5.41) is 28.8. The maximum atomic E-state index is 14.6. The van der Waals surface area contributed by atoms with Crippen molar-refractivity contribution in [1.82, 2.24) is 36.8 Å². The number of aliphatic hydroxyl groups excluding tert-OH is 1. The second-order valence-electron chi connectivity index (χ2n) is 17.8. The van der Waals surface area contributed by atoms with Gasteiger partial charge in [0.25, 0.3) is 0 Å². The van der Waals surface area contributed by atoms with Gasteiger partial charge < -0.3 is 82.0 Å². The van der Waals surface area contributed by atoms with Gasteiger partial charge in [-0.3, -0.25) is 53.3 Å². The summed E-state index contributed by atoms with van der Waals surface area (Å²) in [6.07, 6.45) is -1.19. The van der Waals surface area contributed by atoms with Crippen LogP contribution in [0.15, 0.2) is 57.4 Å². The number of nitrogens with one attached hydrogen (secondary N) is 6. The second-order valence-corrected chi connectivity index (χ2v) is 17.8. The molecular weight excluding hydrogens is 935 g/mol. The highest BCUT2D eigenvalue weighted by atomic mass is 16.3. The Morgan fingerprint density at radius 2 is 1.04 bits per heavy atom. The summed E-state index contributed by atoms with van der Waals surface area (Å²) in [6.45, 7) is 1.40. The molecule has 0 radical (unpaired) electrons. The molecule has 8 atom stereocenters. The minimum atomic E-state index is -1.63. The predicted octanol–water partition coefficient (Wildman–Crippen LogP) is -4.51. The Labute approximate surface area is 416 Å². The number of amides is 8. The zero-order valence-electron chi connectivity index (χ0n) is 40.5. The van der Waals surface area contributed by atoms with Crippen LogP contribution in [0.4, 0.5) is 0 Å². The predicted molar refractivity (Wildman–Crippen MR) is 268 cm³/mol. The third-order valence-corrected chi connectivity index (χ3v) is 12.1. The fraction of sp³-hybridized carbons (Fsp3) is 0.543. The number of guanidine groups is 3. The lowest BCUT2D eigenvalue weighted by molar-refractivity contribution is -0.148. The number of piperidine rings is 1. The van der Waals surface area contributed by atoms with Gasteiger partial charge in [0.2, 0.25) is 47.3 Å². The van der Waals surface area contributed by atoms with Crippen LogP contribution < -0.4 is 72.0 Å². The van der Waals surface area contributed by atoms with Crippen LogP contribution >= 0.6 is 0 Å². The van der Waals surface area contributed by atoms with E-state index in [1.165, 1.54) is 11.8 Å². The van der Waals surface area contributed by atoms with Crippen molar-refractivity contribution in [3.63, 3.8) is 0 Å². The standard InChI is InChI=1S/C46H71N17O9/c1-25(64)36-43(72)63-22-5-4-14-34(63)42(71)61-33(24-26-15-16-27-9-2-3-10-28(27)23-26)41(70)59-30(12-7-20-55-45(50)51)38(67)60-32(17-18-35(47)65)39(68)57-29(11-6-19-54-44(48)49)37(66)58-31(40(69)62-36)13-8-21-56-46(52)53/h2-3,9-10,15-16,23,25,29-34,36,64H,4-8,11-14,17-22,24H2,1H3,(H2,47,65)(H,57,68)(H,58,66)(H,59,70)(H,60,67)(H,61,71)(H,62,69)(H4,48,49,54)(H4,50,51,55)(H4,52,53,56)/t25-,29-,30+,31-,32+,33+,34+,36-/m1/s1. The Morgan fingerprint density at radius 1 is 0.597 bits per heavy atom. The van der Waals surface area contributed by atoms with Crippen LogP contribution in [0.25, 0.3) is 10.8 Å². The molecule has 2 saturated heterocycles. The summed E-state index contributed by atoms with van der Waals surface area (Å²) in [5.74, 6) is -7.49. The summed E-state index contributed by atoms with van der Waals surface area (Å²) < 4.78 is 0. The lowest BCUT2D eigenvalue weighted by Crippen LogP contribution is -2.63. The van der Waals surface area contributed by atoms with E-state index in [0.717, 1.165) is 10.8 Å². The molecule has 0 spiro atoms. The van der Waals surface area contributed by atoms with Crippen LogP contribution in [0.2, 0.25) is 0 Å². The molecule has 2 aliphatic heterocycles. The largest absolute Gasteiger partial charge is 0.391 e. The Balaban J connectivity index is 1.86. The number of carbonyl (C=O) groups is 8. The Bertz CT molecular complexity index is 2330. The number of hydrogen-bond donors (Lipinski definition) is 14. The van der Waals surface area contributed by atoms with Gasteiger partial charge in [-0.1, -0.05) is 42.5 Å². The van der Waals surface area contributed by atoms with Gasteiger partial charge in [-0.25, -0.2) is 0 Å². The number of fused-ring (bicyclic) bond motifs is 2. The summed E-state index contributed by atoms with van der Waals surface area (Å²) in [6, 6.07) is 3.03. The molecule has 4 rings (SSSR count). The van der Waals surface area contributed by atoms with Gasteiger partial charge in [0.15, 0.2) is 17.9 Å². The number of nitrogens with zero attached hydrogens (tertiary/aromatic N) is 4. The Morgan fingerprint density at radius 3 is 1.51 bits per heavy atom. The van der Waals surface area contributed by atoms with E-state index < -0.39 is 102 Å². The van der Waals surface area contributed by atoms with Crippen LogP contribution in [-0.2, 0) is 44.8 Å². The zero-order chi connectivity index (χ0) is 52.9. The molecule has 0 unspecified atom stereocenters. The van der Waals surface area contributed by atoms with E-state index in [0.29, 0.717) is 18.4 Å². The van der Waals surface area contributed by atoms with Gasteiger partial charge in [-0.15, -0.1) is 0 Å². The van der Waals surface area contributed by atoms with E-state index in [9.17, 15) is 43.5 Å². The lowest BCUT2D eigenvalue weighted by atomic mass is 9.97. The summed E-state index contributed by atoms with van der Waals surface area (Å²) >= 11 is 0. The fourth-order valence-corrected chi connectivity index (χ4v) is 8.33. The number of hydrogen-bond acceptors (Lipinski definition) is 12. The smallest absolute Gasteiger partial charge is 0.248 e. The first kappa shape index (κ1) is 56.8. The fourth-order valence-electron chi connectivity index (χ4n) is 8.33. The van der Waals surface area contributed by atoms with Gasteiger partial charge in [0, 0.05) is 39.0 Å². The summed E-state index contributed by atoms with van der Waals surface area (Å²) in [7, 11) is 0. The molecule has 0 bridgehead atoms. The highest BCUT2D eigenvalue weighted by Gasteiger charge is 2.41. The molecule has 2 fully saturated rings. The quantitative estimate of drug-likeness (QED) is 0.0380. The van der Waals surface area contributed by atoms with E-state index in [1.807, 2.05) is 36.4 Å². The van der Waals surface area contributed by atoms with Crippen molar-refractivity contribution in [2.24, 2.45) is 55.1 Å². The molecule has 2 heterocycles. The first-order chi connectivity index (χ1) is 34.2. The first-order valence-electron chi connectivity index (χ1n) is 24.0. The molecule has 2 aromatic carbocycles. The van der Waals surface area contributed by atoms with Crippen LogP contribution in [0, 0.1) is 0 Å². The van der Waals surface area contributed by atoms with E-state index in [4.69, 9.17) is 40.1 Å². The Hall–Kier alpha value is -7.77. The second kappa shape index (κ2) is 28.2. The topological polar surface area (TPSA) is 451 Å².